The standard InChI is InChI=1S/C13H26N2O3S/c1-14-6-2-12-3-7-15(8-4-12)19(16,17)11-13-5-9-18-10-13/h12-14H,2-11H2,1H3. The van der Waals surface area contributed by atoms with E-state index in [1.165, 1.54) is 0 Å². The molecular weight excluding hydrogens is 264 g/mol. The zero-order valence-corrected chi connectivity index (χ0v) is 12.6. The van der Waals surface area contributed by atoms with Gasteiger partial charge in [0.25, 0.3) is 0 Å². The molecule has 0 radical (unpaired) electrons. The molecule has 5 nitrogen and oxygen atoms in total. The molecule has 0 bridgehead atoms. The number of sulfonamides is 1. The van der Waals surface area contributed by atoms with E-state index >= 15 is 0 Å². The van der Waals surface area contributed by atoms with Crippen molar-refractivity contribution in [2.45, 2.75) is 25.7 Å². The third kappa shape index (κ3) is 4.41. The number of hydrogen-bond donors (Lipinski definition) is 1. The van der Waals surface area contributed by atoms with Crippen LogP contribution >= 0.6 is 0 Å². The minimum Gasteiger partial charge on any atom is -0.381 e. The summed E-state index contributed by atoms with van der Waals surface area (Å²) >= 11 is 0. The van der Waals surface area contributed by atoms with E-state index in [0.717, 1.165) is 32.2 Å². The molecule has 1 atom stereocenters. The van der Waals surface area contributed by atoms with E-state index in [1.807, 2.05) is 7.05 Å². The van der Waals surface area contributed by atoms with Gasteiger partial charge in [0.15, 0.2) is 0 Å². The van der Waals surface area contributed by atoms with Crippen LogP contribution in [0.2, 0.25) is 0 Å². The van der Waals surface area contributed by atoms with Crippen LogP contribution in [0.25, 0.3) is 0 Å². The lowest BCUT2D eigenvalue weighted by Gasteiger charge is -2.31. The van der Waals surface area contributed by atoms with Crippen LogP contribution in [-0.4, -0.2) is 58.4 Å². The highest BCUT2D eigenvalue weighted by atomic mass is 32.2. The van der Waals surface area contributed by atoms with Gasteiger partial charge in [0.05, 0.1) is 12.4 Å². The minimum absolute atomic E-state index is 0.201. The van der Waals surface area contributed by atoms with Gasteiger partial charge >= 0.3 is 0 Å². The van der Waals surface area contributed by atoms with E-state index in [-0.39, 0.29) is 11.7 Å². The first-order valence-electron chi connectivity index (χ1n) is 7.32. The van der Waals surface area contributed by atoms with Gasteiger partial charge in [-0.05, 0) is 51.1 Å². The van der Waals surface area contributed by atoms with Crippen molar-refractivity contribution >= 4 is 10.0 Å². The highest BCUT2D eigenvalue weighted by Crippen LogP contribution is 2.24. The number of nitrogens with one attached hydrogen (secondary N) is 1. The van der Waals surface area contributed by atoms with Crippen molar-refractivity contribution in [3.63, 3.8) is 0 Å². The maximum atomic E-state index is 12.3. The van der Waals surface area contributed by atoms with Crippen molar-refractivity contribution in [2.75, 3.05) is 45.6 Å². The van der Waals surface area contributed by atoms with Crippen LogP contribution in [0.4, 0.5) is 0 Å². The lowest BCUT2D eigenvalue weighted by Crippen LogP contribution is -2.41. The molecule has 0 aliphatic carbocycles. The highest BCUT2D eigenvalue weighted by Gasteiger charge is 2.31. The van der Waals surface area contributed by atoms with Crippen molar-refractivity contribution in [1.82, 2.24) is 9.62 Å². The van der Waals surface area contributed by atoms with Crippen LogP contribution in [0, 0.1) is 11.8 Å². The zero-order valence-electron chi connectivity index (χ0n) is 11.8. The molecule has 0 aromatic carbocycles. The predicted molar refractivity (Wildman–Crippen MR) is 75.6 cm³/mol. The summed E-state index contributed by atoms with van der Waals surface area (Å²) in [6.07, 6.45) is 4.04. The largest absolute Gasteiger partial charge is 0.381 e. The molecule has 2 aliphatic rings. The van der Waals surface area contributed by atoms with Gasteiger partial charge in [-0.3, -0.25) is 0 Å². The second-order valence-electron chi connectivity index (χ2n) is 5.74. The Morgan fingerprint density at radius 2 is 1.95 bits per heavy atom. The summed E-state index contributed by atoms with van der Waals surface area (Å²) in [7, 11) is -1.11. The first-order chi connectivity index (χ1) is 9.12. The van der Waals surface area contributed by atoms with Crippen LogP contribution in [-0.2, 0) is 14.8 Å². The molecule has 1 unspecified atom stereocenters. The molecule has 0 aromatic heterocycles. The van der Waals surface area contributed by atoms with Gasteiger partial charge in [-0.1, -0.05) is 0 Å². The Kier molecular flexibility index (Phi) is 5.62. The zero-order chi connectivity index (χ0) is 13.7. The Bertz CT molecular complexity index is 358. The number of nitrogens with zero attached hydrogens (tertiary/aromatic N) is 1. The predicted octanol–water partition coefficient (Wildman–Crippen LogP) is 0.674. The van der Waals surface area contributed by atoms with Crippen LogP contribution < -0.4 is 5.32 Å². The molecule has 2 saturated heterocycles. The average Bonchev–Trinajstić information content (AvgIpc) is 2.89. The number of piperidine rings is 1. The van der Waals surface area contributed by atoms with Gasteiger partial charge in [-0.15, -0.1) is 0 Å². The summed E-state index contributed by atoms with van der Waals surface area (Å²) in [6, 6.07) is 0. The van der Waals surface area contributed by atoms with Gasteiger partial charge in [0, 0.05) is 19.7 Å². The third-order valence-electron chi connectivity index (χ3n) is 4.24. The van der Waals surface area contributed by atoms with Crippen molar-refractivity contribution in [3.05, 3.63) is 0 Å². The lowest BCUT2D eigenvalue weighted by molar-refractivity contribution is 0.188. The summed E-state index contributed by atoms with van der Waals surface area (Å²) in [6.45, 7) is 3.75. The highest BCUT2D eigenvalue weighted by molar-refractivity contribution is 7.89. The molecule has 0 spiro atoms. The molecule has 2 aliphatic heterocycles. The smallest absolute Gasteiger partial charge is 0.214 e. The Morgan fingerprint density at radius 1 is 1.21 bits per heavy atom. The monoisotopic (exact) mass is 290 g/mol. The van der Waals surface area contributed by atoms with Crippen LogP contribution in [0.1, 0.15) is 25.7 Å². The maximum absolute atomic E-state index is 12.3. The van der Waals surface area contributed by atoms with Gasteiger partial charge in [-0.25, -0.2) is 12.7 Å². The second kappa shape index (κ2) is 7.02. The molecule has 1 N–H and O–H groups in total. The molecule has 0 aromatic rings. The fraction of sp³-hybridized carbons (Fsp3) is 1.00. The topological polar surface area (TPSA) is 58.6 Å². The van der Waals surface area contributed by atoms with Crippen molar-refractivity contribution in [3.8, 4) is 0 Å². The molecule has 0 amide bonds. The van der Waals surface area contributed by atoms with Crippen LogP contribution in [0.3, 0.4) is 0 Å². The molecule has 2 fully saturated rings. The molecule has 112 valence electrons. The molecule has 6 heteroatoms. The van der Waals surface area contributed by atoms with Gasteiger partial charge in [-0.2, -0.15) is 0 Å². The van der Waals surface area contributed by atoms with E-state index < -0.39 is 10.0 Å². The fourth-order valence-corrected chi connectivity index (χ4v) is 4.78. The van der Waals surface area contributed by atoms with E-state index in [0.29, 0.717) is 32.2 Å². The lowest BCUT2D eigenvalue weighted by atomic mass is 9.95. The maximum Gasteiger partial charge on any atom is 0.214 e. The molecule has 19 heavy (non-hydrogen) atoms. The number of hydrogen-bond acceptors (Lipinski definition) is 4. The quantitative estimate of drug-likeness (QED) is 0.781. The molecular formula is C13H26N2O3S. The summed E-state index contributed by atoms with van der Waals surface area (Å²) < 4.78 is 31.6. The third-order valence-corrected chi connectivity index (χ3v) is 6.28. The Balaban J connectivity index is 1.79. The summed E-state index contributed by atoms with van der Waals surface area (Å²) in [5.41, 5.74) is 0. The first kappa shape index (κ1) is 15.2. The first-order valence-corrected chi connectivity index (χ1v) is 8.93. The summed E-state index contributed by atoms with van der Waals surface area (Å²) in [5, 5.41) is 3.16. The number of rotatable bonds is 6. The average molecular weight is 290 g/mol. The fourth-order valence-electron chi connectivity index (χ4n) is 2.94. The minimum atomic E-state index is -3.07. The van der Waals surface area contributed by atoms with Gasteiger partial charge in [0.2, 0.25) is 10.0 Å². The van der Waals surface area contributed by atoms with Gasteiger partial charge < -0.3 is 10.1 Å². The van der Waals surface area contributed by atoms with Crippen molar-refractivity contribution in [2.24, 2.45) is 11.8 Å². The van der Waals surface area contributed by atoms with Crippen LogP contribution in [0.5, 0.6) is 0 Å². The van der Waals surface area contributed by atoms with E-state index in [2.05, 4.69) is 5.32 Å². The normalized spacial score (nSPS) is 26.9. The molecule has 0 saturated carbocycles. The number of ether oxygens (including phenoxy) is 1. The Labute approximate surface area is 116 Å². The van der Waals surface area contributed by atoms with E-state index in [9.17, 15) is 8.42 Å². The SMILES string of the molecule is CNCCC1CCN(S(=O)(=O)CC2CCOC2)CC1. The second-order valence-corrected chi connectivity index (χ2v) is 7.76. The Morgan fingerprint density at radius 3 is 2.53 bits per heavy atom. The summed E-state index contributed by atoms with van der Waals surface area (Å²) in [5.74, 6) is 1.15. The Hall–Kier alpha value is -0.170. The van der Waals surface area contributed by atoms with E-state index in [4.69, 9.17) is 4.74 Å². The van der Waals surface area contributed by atoms with E-state index in [1.54, 1.807) is 4.31 Å². The van der Waals surface area contributed by atoms with Gasteiger partial charge in [0.1, 0.15) is 0 Å². The van der Waals surface area contributed by atoms with Crippen molar-refractivity contribution in [1.29, 1.82) is 0 Å². The van der Waals surface area contributed by atoms with Crippen LogP contribution in [0.15, 0.2) is 0 Å². The van der Waals surface area contributed by atoms with Crippen molar-refractivity contribution < 1.29 is 13.2 Å². The molecule has 2 heterocycles. The summed E-state index contributed by atoms with van der Waals surface area (Å²) in [4.78, 5) is 0. The molecule has 2 rings (SSSR count).